The van der Waals surface area contributed by atoms with Crippen molar-refractivity contribution in [3.8, 4) is 11.5 Å². The van der Waals surface area contributed by atoms with E-state index in [-0.39, 0.29) is 23.2 Å². The molecule has 11 heteroatoms. The van der Waals surface area contributed by atoms with Gasteiger partial charge >= 0.3 is 5.97 Å². The number of ether oxygens (including phenoxy) is 1. The third kappa shape index (κ3) is 4.09. The van der Waals surface area contributed by atoms with E-state index in [1.165, 1.54) is 30.3 Å². The summed E-state index contributed by atoms with van der Waals surface area (Å²) >= 11 is 0. The maximum absolute atomic E-state index is 12.3. The van der Waals surface area contributed by atoms with E-state index in [4.69, 9.17) is 13.6 Å². The standard InChI is InChI=1S/C19H15N5O6/c1-12(17-21-22-18(30-17)13-3-5-14(6-4-13)24(26)27)28-19(25)16-8-7-15(29-16)11-23-10-2-9-20-23/h2-10,12H,11H2,1H3. The molecule has 0 aliphatic carbocycles. The van der Waals surface area contributed by atoms with Crippen LogP contribution in [0, 0.1) is 10.1 Å². The number of carbonyl (C=O) groups is 1. The molecule has 3 heterocycles. The second kappa shape index (κ2) is 7.99. The van der Waals surface area contributed by atoms with Crippen molar-refractivity contribution in [3.05, 3.63) is 82.4 Å². The predicted molar refractivity (Wildman–Crippen MR) is 100 cm³/mol. The van der Waals surface area contributed by atoms with Gasteiger partial charge in [0.1, 0.15) is 5.76 Å². The van der Waals surface area contributed by atoms with Crippen LogP contribution >= 0.6 is 0 Å². The Kier molecular flexibility index (Phi) is 5.08. The van der Waals surface area contributed by atoms with Crippen molar-refractivity contribution in [1.29, 1.82) is 0 Å². The minimum absolute atomic E-state index is 0.0408. The van der Waals surface area contributed by atoms with Gasteiger partial charge in [0, 0.05) is 30.1 Å². The van der Waals surface area contributed by atoms with Crippen LogP contribution in [0.1, 0.15) is 35.2 Å². The summed E-state index contributed by atoms with van der Waals surface area (Å²) in [6, 6.07) is 10.6. The van der Waals surface area contributed by atoms with Gasteiger partial charge in [0.2, 0.25) is 11.7 Å². The number of aromatic nitrogens is 4. The number of hydrogen-bond acceptors (Lipinski definition) is 9. The number of nitro groups is 1. The molecule has 3 aromatic heterocycles. The van der Waals surface area contributed by atoms with Gasteiger partial charge in [-0.25, -0.2) is 4.79 Å². The van der Waals surface area contributed by atoms with Crippen LogP contribution in [0.3, 0.4) is 0 Å². The van der Waals surface area contributed by atoms with Gasteiger partial charge in [-0.15, -0.1) is 10.2 Å². The molecule has 0 spiro atoms. The SMILES string of the molecule is CC(OC(=O)c1ccc(Cn2cccn2)o1)c1nnc(-c2ccc([N+](=O)[O-])cc2)o1. The Bertz CT molecular complexity index is 1160. The van der Waals surface area contributed by atoms with Crippen LogP contribution in [0.15, 0.2) is 63.7 Å². The summed E-state index contributed by atoms with van der Waals surface area (Å²) in [6.45, 7) is 1.97. The molecule has 1 atom stereocenters. The number of furan rings is 1. The highest BCUT2D eigenvalue weighted by Gasteiger charge is 2.22. The molecule has 0 radical (unpaired) electrons. The molecule has 0 bridgehead atoms. The molecule has 11 nitrogen and oxygen atoms in total. The predicted octanol–water partition coefficient (Wildman–Crippen LogP) is 3.40. The van der Waals surface area contributed by atoms with Gasteiger partial charge in [0.25, 0.3) is 11.6 Å². The Labute approximate surface area is 169 Å². The van der Waals surface area contributed by atoms with Crippen LogP contribution in [0.2, 0.25) is 0 Å². The van der Waals surface area contributed by atoms with Crippen molar-refractivity contribution >= 4 is 11.7 Å². The largest absolute Gasteiger partial charge is 0.452 e. The van der Waals surface area contributed by atoms with Gasteiger partial charge in [-0.05, 0) is 37.3 Å². The zero-order valence-corrected chi connectivity index (χ0v) is 15.7. The molecule has 152 valence electrons. The van der Waals surface area contributed by atoms with Crippen molar-refractivity contribution < 1.29 is 23.3 Å². The fraction of sp³-hybridized carbons (Fsp3) is 0.158. The fourth-order valence-corrected chi connectivity index (χ4v) is 2.64. The Hall–Kier alpha value is -4.28. The average molecular weight is 409 g/mol. The minimum atomic E-state index is -0.823. The lowest BCUT2D eigenvalue weighted by molar-refractivity contribution is -0.384. The number of esters is 1. The van der Waals surface area contributed by atoms with E-state index in [0.717, 1.165) is 0 Å². The second-order valence-corrected chi connectivity index (χ2v) is 6.27. The summed E-state index contributed by atoms with van der Waals surface area (Å²) in [7, 11) is 0. The maximum atomic E-state index is 12.3. The summed E-state index contributed by atoms with van der Waals surface area (Å²) in [5.74, 6) is 0.155. The Morgan fingerprint density at radius 1 is 1.20 bits per heavy atom. The van der Waals surface area contributed by atoms with Gasteiger partial charge in [-0.1, -0.05) is 0 Å². The van der Waals surface area contributed by atoms with E-state index in [1.807, 2.05) is 0 Å². The average Bonchev–Trinajstić information content (AvgIpc) is 3.50. The molecule has 1 aromatic carbocycles. The van der Waals surface area contributed by atoms with Gasteiger partial charge < -0.3 is 13.6 Å². The van der Waals surface area contributed by atoms with Crippen molar-refractivity contribution in [3.63, 3.8) is 0 Å². The first-order valence-corrected chi connectivity index (χ1v) is 8.85. The van der Waals surface area contributed by atoms with Gasteiger partial charge in [0.05, 0.1) is 11.5 Å². The number of nitro benzene ring substituents is 1. The monoisotopic (exact) mass is 409 g/mol. The number of hydrogen-bond donors (Lipinski definition) is 0. The Morgan fingerprint density at radius 3 is 2.70 bits per heavy atom. The zero-order chi connectivity index (χ0) is 21.1. The van der Waals surface area contributed by atoms with Crippen LogP contribution in [-0.2, 0) is 11.3 Å². The minimum Gasteiger partial charge on any atom is -0.452 e. The molecular formula is C19H15N5O6. The van der Waals surface area contributed by atoms with E-state index in [9.17, 15) is 14.9 Å². The highest BCUT2D eigenvalue weighted by Crippen LogP contribution is 2.25. The zero-order valence-electron chi connectivity index (χ0n) is 15.7. The molecular weight excluding hydrogens is 394 g/mol. The first-order valence-electron chi connectivity index (χ1n) is 8.85. The molecule has 4 rings (SSSR count). The molecule has 0 N–H and O–H groups in total. The lowest BCUT2D eigenvalue weighted by Gasteiger charge is -2.07. The second-order valence-electron chi connectivity index (χ2n) is 6.27. The smallest absolute Gasteiger partial charge is 0.375 e. The molecule has 1 unspecified atom stereocenters. The first kappa shape index (κ1) is 19.1. The summed E-state index contributed by atoms with van der Waals surface area (Å²) < 4.78 is 18.0. The normalized spacial score (nSPS) is 11.9. The molecule has 0 saturated carbocycles. The van der Waals surface area contributed by atoms with Crippen molar-refractivity contribution in [1.82, 2.24) is 20.0 Å². The number of carbonyl (C=O) groups excluding carboxylic acids is 1. The van der Waals surface area contributed by atoms with Gasteiger partial charge in [-0.3, -0.25) is 14.8 Å². The van der Waals surface area contributed by atoms with Crippen LogP contribution < -0.4 is 0 Å². The summed E-state index contributed by atoms with van der Waals surface area (Å²) in [4.78, 5) is 22.6. The van der Waals surface area contributed by atoms with Gasteiger partial charge in [0.15, 0.2) is 6.10 Å². The Balaban J connectivity index is 1.40. The van der Waals surface area contributed by atoms with E-state index in [2.05, 4.69) is 15.3 Å². The molecule has 30 heavy (non-hydrogen) atoms. The van der Waals surface area contributed by atoms with Crippen LogP contribution in [0.5, 0.6) is 0 Å². The van der Waals surface area contributed by atoms with Crippen molar-refractivity contribution in [2.75, 3.05) is 0 Å². The molecule has 0 aliphatic rings. The van der Waals surface area contributed by atoms with E-state index in [1.54, 1.807) is 36.1 Å². The van der Waals surface area contributed by atoms with E-state index < -0.39 is 17.0 Å². The third-order valence-corrected chi connectivity index (χ3v) is 4.14. The van der Waals surface area contributed by atoms with E-state index in [0.29, 0.717) is 17.9 Å². The van der Waals surface area contributed by atoms with E-state index >= 15 is 0 Å². The number of non-ortho nitro benzene ring substituents is 1. The maximum Gasteiger partial charge on any atom is 0.375 e. The number of rotatable bonds is 7. The number of benzene rings is 1. The fourth-order valence-electron chi connectivity index (χ4n) is 2.64. The third-order valence-electron chi connectivity index (χ3n) is 4.14. The number of nitrogens with zero attached hydrogens (tertiary/aromatic N) is 5. The highest BCUT2D eigenvalue weighted by atomic mass is 16.6. The van der Waals surface area contributed by atoms with Crippen LogP contribution in [0.4, 0.5) is 5.69 Å². The summed E-state index contributed by atoms with van der Waals surface area (Å²) in [5.41, 5.74) is 0.457. The van der Waals surface area contributed by atoms with Crippen LogP contribution in [0.25, 0.3) is 11.5 Å². The summed E-state index contributed by atoms with van der Waals surface area (Å²) in [5, 5.41) is 22.6. The molecule has 0 fully saturated rings. The van der Waals surface area contributed by atoms with Crippen LogP contribution in [-0.4, -0.2) is 30.9 Å². The molecule has 0 aliphatic heterocycles. The quantitative estimate of drug-likeness (QED) is 0.255. The van der Waals surface area contributed by atoms with Gasteiger partial charge in [-0.2, -0.15) is 5.10 Å². The first-order chi connectivity index (χ1) is 14.5. The topological polar surface area (TPSA) is 139 Å². The molecule has 0 amide bonds. The molecule has 0 saturated heterocycles. The van der Waals surface area contributed by atoms with Crippen molar-refractivity contribution in [2.24, 2.45) is 0 Å². The Morgan fingerprint density at radius 2 is 2.00 bits per heavy atom. The van der Waals surface area contributed by atoms with Crippen molar-refractivity contribution in [2.45, 2.75) is 19.6 Å². The lowest BCUT2D eigenvalue weighted by Crippen LogP contribution is -2.09. The lowest BCUT2D eigenvalue weighted by atomic mass is 10.2. The molecule has 4 aromatic rings. The summed E-state index contributed by atoms with van der Waals surface area (Å²) in [6.07, 6.45) is 2.60. The highest BCUT2D eigenvalue weighted by molar-refractivity contribution is 5.86.